The van der Waals surface area contributed by atoms with E-state index < -0.39 is 0 Å². The Balaban J connectivity index is 1.56. The van der Waals surface area contributed by atoms with Gasteiger partial charge in [-0.1, -0.05) is 30.3 Å². The van der Waals surface area contributed by atoms with E-state index in [0.717, 1.165) is 48.5 Å². The van der Waals surface area contributed by atoms with Gasteiger partial charge in [0, 0.05) is 49.2 Å². The Morgan fingerprint density at radius 3 is 2.34 bits per heavy atom. The minimum Gasteiger partial charge on any atom is -0.368 e. The van der Waals surface area contributed by atoms with Crippen molar-refractivity contribution >= 4 is 28.2 Å². The van der Waals surface area contributed by atoms with Gasteiger partial charge >= 0.3 is 0 Å². The minimum atomic E-state index is -0.263. The van der Waals surface area contributed by atoms with E-state index >= 15 is 0 Å². The van der Waals surface area contributed by atoms with Crippen LogP contribution in [0, 0.1) is 5.82 Å². The second kappa shape index (κ2) is 8.26. The van der Waals surface area contributed by atoms with Crippen molar-refractivity contribution in [3.05, 3.63) is 72.7 Å². The molecule has 1 amide bonds. The van der Waals surface area contributed by atoms with Gasteiger partial charge in [0.05, 0.1) is 0 Å². The second-order valence-corrected chi connectivity index (χ2v) is 6.87. The number of rotatable bonds is 5. The van der Waals surface area contributed by atoms with Crippen molar-refractivity contribution < 1.29 is 9.18 Å². The molecule has 2 aromatic carbocycles. The highest BCUT2D eigenvalue weighted by Gasteiger charge is 2.22. The van der Waals surface area contributed by atoms with Gasteiger partial charge in [-0.15, -0.1) is 16.8 Å². The third-order valence-corrected chi connectivity index (χ3v) is 5.06. The largest absolute Gasteiger partial charge is 0.368 e. The van der Waals surface area contributed by atoms with Crippen molar-refractivity contribution in [2.75, 3.05) is 42.5 Å². The third kappa shape index (κ3) is 3.89. The van der Waals surface area contributed by atoms with E-state index in [1.54, 1.807) is 18.2 Å². The Labute approximate surface area is 168 Å². The van der Waals surface area contributed by atoms with Crippen LogP contribution in [0.4, 0.5) is 15.9 Å². The van der Waals surface area contributed by atoms with Crippen LogP contribution in [0.15, 0.2) is 61.2 Å². The maximum atomic E-state index is 13.2. The average molecular weight is 391 g/mol. The number of fused-ring (bicyclic) bond motifs is 1. The van der Waals surface area contributed by atoms with Crippen molar-refractivity contribution in [3.63, 3.8) is 0 Å². The zero-order valence-corrected chi connectivity index (χ0v) is 16.0. The molecule has 7 heteroatoms. The van der Waals surface area contributed by atoms with Crippen LogP contribution in [0.3, 0.4) is 0 Å². The smallest absolute Gasteiger partial charge is 0.272 e. The van der Waals surface area contributed by atoms with E-state index in [-0.39, 0.29) is 11.7 Å². The van der Waals surface area contributed by atoms with Crippen molar-refractivity contribution in [2.24, 2.45) is 0 Å². The lowest BCUT2D eigenvalue weighted by Crippen LogP contribution is -2.47. The Morgan fingerprint density at radius 1 is 1.00 bits per heavy atom. The summed E-state index contributed by atoms with van der Waals surface area (Å²) in [5, 5.41) is 13.1. The zero-order valence-electron chi connectivity index (χ0n) is 16.0. The number of nitrogens with zero attached hydrogens (tertiary/aromatic N) is 4. The molecule has 29 heavy (non-hydrogen) atoms. The summed E-state index contributed by atoms with van der Waals surface area (Å²) in [4.78, 5) is 16.8. The molecular formula is C22H22FN5O. The average Bonchev–Trinajstić information content (AvgIpc) is 2.77. The number of piperazine rings is 1. The number of benzene rings is 2. The molecule has 0 unspecified atom stereocenters. The zero-order chi connectivity index (χ0) is 20.2. The summed E-state index contributed by atoms with van der Waals surface area (Å²) in [7, 11) is 0. The number of hydrogen-bond donors (Lipinski definition) is 1. The van der Waals surface area contributed by atoms with Gasteiger partial charge in [0.2, 0.25) is 0 Å². The van der Waals surface area contributed by atoms with Crippen LogP contribution < -0.4 is 15.1 Å². The molecule has 2 heterocycles. The summed E-state index contributed by atoms with van der Waals surface area (Å²) in [6.07, 6.45) is 1.63. The van der Waals surface area contributed by atoms with Crippen LogP contribution in [0.25, 0.3) is 10.8 Å². The molecule has 1 N–H and O–H groups in total. The topological polar surface area (TPSA) is 61.4 Å². The van der Waals surface area contributed by atoms with Crippen LogP contribution in [0.2, 0.25) is 0 Å². The fraction of sp³-hybridized carbons (Fsp3) is 0.227. The van der Waals surface area contributed by atoms with Gasteiger partial charge in [-0.25, -0.2) is 4.39 Å². The summed E-state index contributed by atoms with van der Waals surface area (Å²) < 4.78 is 13.2. The van der Waals surface area contributed by atoms with Crippen LogP contribution in [0.5, 0.6) is 0 Å². The quantitative estimate of drug-likeness (QED) is 0.678. The Hall–Kier alpha value is -3.48. The number of halogens is 1. The molecule has 1 aromatic heterocycles. The van der Waals surface area contributed by atoms with Crippen molar-refractivity contribution in [3.8, 4) is 0 Å². The number of nitrogens with one attached hydrogen (secondary N) is 1. The highest BCUT2D eigenvalue weighted by molar-refractivity contribution is 6.07. The molecule has 0 bridgehead atoms. The molecule has 1 aliphatic heterocycles. The normalized spacial score (nSPS) is 14.1. The molecule has 0 aliphatic carbocycles. The summed E-state index contributed by atoms with van der Waals surface area (Å²) in [5.41, 5.74) is 1.33. The van der Waals surface area contributed by atoms with Gasteiger partial charge in [-0.2, -0.15) is 0 Å². The first-order valence-corrected chi connectivity index (χ1v) is 9.57. The fourth-order valence-corrected chi connectivity index (χ4v) is 3.57. The molecule has 4 rings (SSSR count). The Morgan fingerprint density at radius 2 is 1.66 bits per heavy atom. The number of anilines is 2. The summed E-state index contributed by atoms with van der Waals surface area (Å²) in [5.74, 6) is 0.284. The van der Waals surface area contributed by atoms with Gasteiger partial charge in [0.15, 0.2) is 11.5 Å². The molecule has 1 saturated heterocycles. The highest BCUT2D eigenvalue weighted by Crippen LogP contribution is 2.27. The summed E-state index contributed by atoms with van der Waals surface area (Å²) in [6.45, 7) is 7.11. The molecule has 1 fully saturated rings. The second-order valence-electron chi connectivity index (χ2n) is 6.87. The number of carbonyl (C=O) groups is 1. The van der Waals surface area contributed by atoms with Crippen molar-refractivity contribution in [1.29, 1.82) is 0 Å². The van der Waals surface area contributed by atoms with E-state index in [9.17, 15) is 9.18 Å². The van der Waals surface area contributed by atoms with Gasteiger partial charge in [-0.3, -0.25) is 4.79 Å². The molecule has 148 valence electrons. The van der Waals surface area contributed by atoms with Crippen molar-refractivity contribution in [1.82, 2.24) is 15.5 Å². The van der Waals surface area contributed by atoms with Gasteiger partial charge in [0.25, 0.3) is 5.91 Å². The summed E-state index contributed by atoms with van der Waals surface area (Å²) >= 11 is 0. The van der Waals surface area contributed by atoms with Gasteiger partial charge in [-0.05, 0) is 24.3 Å². The third-order valence-electron chi connectivity index (χ3n) is 5.06. The maximum Gasteiger partial charge on any atom is 0.272 e. The first-order valence-electron chi connectivity index (χ1n) is 9.57. The lowest BCUT2D eigenvalue weighted by Gasteiger charge is -2.37. The van der Waals surface area contributed by atoms with E-state index in [1.807, 2.05) is 24.3 Å². The SMILES string of the molecule is C=CCNC(=O)c1nnc(N2CCN(c3ccc(F)cc3)CC2)c2ccccc12. The molecular weight excluding hydrogens is 369 g/mol. The molecule has 6 nitrogen and oxygen atoms in total. The predicted molar refractivity (Wildman–Crippen MR) is 113 cm³/mol. The molecule has 0 radical (unpaired) electrons. The molecule has 0 atom stereocenters. The van der Waals surface area contributed by atoms with E-state index in [2.05, 4.69) is 31.9 Å². The van der Waals surface area contributed by atoms with Gasteiger partial charge < -0.3 is 15.1 Å². The van der Waals surface area contributed by atoms with E-state index in [0.29, 0.717) is 12.2 Å². The predicted octanol–water partition coefficient (Wildman–Crippen LogP) is 3.01. The number of amides is 1. The standard InChI is InChI=1S/C22H22FN5O/c1-2-11-24-22(29)20-18-5-3-4-6-19(18)21(26-25-20)28-14-12-27(13-15-28)17-9-7-16(23)8-10-17/h2-10H,1,11-15H2,(H,24,29). The monoisotopic (exact) mass is 391 g/mol. The fourth-order valence-electron chi connectivity index (χ4n) is 3.57. The molecule has 0 saturated carbocycles. The van der Waals surface area contributed by atoms with Crippen LogP contribution in [-0.4, -0.2) is 48.8 Å². The molecule has 3 aromatic rings. The highest BCUT2D eigenvalue weighted by atomic mass is 19.1. The molecule has 1 aliphatic rings. The van der Waals surface area contributed by atoms with Gasteiger partial charge in [0.1, 0.15) is 5.82 Å². The minimum absolute atomic E-state index is 0.230. The number of hydrogen-bond acceptors (Lipinski definition) is 5. The number of carbonyl (C=O) groups excluding carboxylic acids is 1. The Kier molecular flexibility index (Phi) is 5.37. The molecule has 0 spiro atoms. The summed E-state index contributed by atoms with van der Waals surface area (Å²) in [6, 6.07) is 14.3. The number of aromatic nitrogens is 2. The van der Waals surface area contributed by atoms with E-state index in [4.69, 9.17) is 0 Å². The lowest BCUT2D eigenvalue weighted by molar-refractivity contribution is 0.0954. The van der Waals surface area contributed by atoms with Crippen LogP contribution >= 0.6 is 0 Å². The van der Waals surface area contributed by atoms with Crippen molar-refractivity contribution in [2.45, 2.75) is 0 Å². The lowest BCUT2D eigenvalue weighted by atomic mass is 10.1. The van der Waals surface area contributed by atoms with Crippen LogP contribution in [0.1, 0.15) is 10.5 Å². The maximum absolute atomic E-state index is 13.2. The first-order chi connectivity index (χ1) is 14.2. The Bertz CT molecular complexity index is 1030. The van der Waals surface area contributed by atoms with Crippen LogP contribution in [-0.2, 0) is 0 Å². The van der Waals surface area contributed by atoms with E-state index in [1.165, 1.54) is 12.1 Å². The first kappa shape index (κ1) is 18.9.